The summed E-state index contributed by atoms with van der Waals surface area (Å²) < 4.78 is 0. The van der Waals surface area contributed by atoms with Crippen molar-refractivity contribution in [3.63, 3.8) is 0 Å². The van der Waals surface area contributed by atoms with Gasteiger partial charge in [-0.25, -0.2) is 4.79 Å². The Labute approximate surface area is 142 Å². The molecule has 2 aliphatic heterocycles. The summed E-state index contributed by atoms with van der Waals surface area (Å²) in [5, 5.41) is 2.93. The van der Waals surface area contributed by atoms with Crippen LogP contribution in [0.5, 0.6) is 0 Å². The highest BCUT2D eigenvalue weighted by Crippen LogP contribution is 2.09. The van der Waals surface area contributed by atoms with Gasteiger partial charge in [-0.2, -0.15) is 0 Å². The molecule has 2 fully saturated rings. The average Bonchev–Trinajstić information content (AvgIpc) is 3.16. The first-order chi connectivity index (χ1) is 11.7. The van der Waals surface area contributed by atoms with Gasteiger partial charge >= 0.3 is 6.03 Å². The Morgan fingerprint density at radius 1 is 0.958 bits per heavy atom. The highest BCUT2D eigenvalue weighted by atomic mass is 16.2. The smallest absolute Gasteiger partial charge is 0.317 e. The Hall–Kier alpha value is -2.15. The zero-order valence-corrected chi connectivity index (χ0v) is 14.0. The van der Waals surface area contributed by atoms with Gasteiger partial charge in [0.25, 0.3) is 0 Å². The van der Waals surface area contributed by atoms with E-state index in [2.05, 4.69) is 15.2 Å². The van der Waals surface area contributed by atoms with Crippen LogP contribution in [0.1, 0.15) is 18.4 Å². The number of carbonyl (C=O) groups is 2. The number of hydrogen-bond acceptors (Lipinski definition) is 4. The van der Waals surface area contributed by atoms with Gasteiger partial charge in [0, 0.05) is 58.2 Å². The predicted molar refractivity (Wildman–Crippen MR) is 90.3 cm³/mol. The van der Waals surface area contributed by atoms with Crippen molar-refractivity contribution < 1.29 is 9.59 Å². The second-order valence-corrected chi connectivity index (χ2v) is 6.37. The summed E-state index contributed by atoms with van der Waals surface area (Å²) in [4.78, 5) is 34.3. The molecule has 0 radical (unpaired) electrons. The molecule has 0 aliphatic carbocycles. The van der Waals surface area contributed by atoms with Crippen LogP contribution in [0.25, 0.3) is 0 Å². The summed E-state index contributed by atoms with van der Waals surface area (Å²) in [5.41, 5.74) is 1.04. The molecule has 3 rings (SSSR count). The molecule has 24 heavy (non-hydrogen) atoms. The molecule has 0 aromatic carbocycles. The van der Waals surface area contributed by atoms with E-state index in [1.54, 1.807) is 12.4 Å². The minimum absolute atomic E-state index is 0.0441. The zero-order chi connectivity index (χ0) is 16.8. The second kappa shape index (κ2) is 8.10. The first kappa shape index (κ1) is 16.7. The second-order valence-electron chi connectivity index (χ2n) is 6.37. The molecular weight excluding hydrogens is 306 g/mol. The van der Waals surface area contributed by atoms with Crippen molar-refractivity contribution in [3.8, 4) is 0 Å². The Balaban J connectivity index is 1.38. The lowest BCUT2D eigenvalue weighted by molar-refractivity contribution is -0.131. The molecule has 1 aromatic rings. The van der Waals surface area contributed by atoms with Gasteiger partial charge in [-0.1, -0.05) is 0 Å². The van der Waals surface area contributed by atoms with E-state index in [9.17, 15) is 9.59 Å². The third-order valence-electron chi connectivity index (χ3n) is 4.67. The summed E-state index contributed by atoms with van der Waals surface area (Å²) in [6.07, 6.45) is 5.68. The number of pyridine rings is 1. The van der Waals surface area contributed by atoms with Gasteiger partial charge in [0.15, 0.2) is 0 Å². The molecule has 7 heteroatoms. The van der Waals surface area contributed by atoms with E-state index in [1.807, 2.05) is 21.9 Å². The van der Waals surface area contributed by atoms with Crippen molar-refractivity contribution in [1.29, 1.82) is 0 Å². The minimum Gasteiger partial charge on any atom is -0.342 e. The maximum Gasteiger partial charge on any atom is 0.317 e. The molecule has 1 N–H and O–H groups in total. The van der Waals surface area contributed by atoms with Crippen molar-refractivity contribution in [2.24, 2.45) is 0 Å². The van der Waals surface area contributed by atoms with Gasteiger partial charge in [0.1, 0.15) is 0 Å². The lowest BCUT2D eigenvalue weighted by Crippen LogP contribution is -2.53. The number of rotatable bonds is 4. The molecule has 0 saturated carbocycles. The van der Waals surface area contributed by atoms with E-state index in [-0.39, 0.29) is 11.9 Å². The van der Waals surface area contributed by atoms with Crippen LogP contribution in [0.3, 0.4) is 0 Å². The summed E-state index contributed by atoms with van der Waals surface area (Å²) in [6, 6.07) is 3.74. The monoisotopic (exact) mass is 331 g/mol. The molecule has 0 atom stereocenters. The van der Waals surface area contributed by atoms with Crippen LogP contribution in [0.4, 0.5) is 4.79 Å². The fraction of sp³-hybridized carbons (Fsp3) is 0.588. The maximum atomic E-state index is 12.2. The lowest BCUT2D eigenvalue weighted by Gasteiger charge is -2.35. The Kier molecular flexibility index (Phi) is 5.63. The topological polar surface area (TPSA) is 68.8 Å². The van der Waals surface area contributed by atoms with Crippen LogP contribution in [0.2, 0.25) is 0 Å². The normalized spacial score (nSPS) is 18.7. The highest BCUT2D eigenvalue weighted by Gasteiger charge is 2.25. The SMILES string of the molecule is O=C(CN1CCN(C(=O)NCc2ccncc2)CC1)N1CCCC1. The third-order valence-corrected chi connectivity index (χ3v) is 4.67. The van der Waals surface area contributed by atoms with Crippen molar-refractivity contribution >= 4 is 11.9 Å². The first-order valence-electron chi connectivity index (χ1n) is 8.64. The molecule has 0 spiro atoms. The number of piperazine rings is 1. The molecule has 2 aliphatic rings. The molecule has 1 aromatic heterocycles. The van der Waals surface area contributed by atoms with Crippen LogP contribution >= 0.6 is 0 Å². The molecule has 130 valence electrons. The summed E-state index contributed by atoms with van der Waals surface area (Å²) >= 11 is 0. The van der Waals surface area contributed by atoms with Crippen LogP contribution in [0.15, 0.2) is 24.5 Å². The maximum absolute atomic E-state index is 12.2. The van der Waals surface area contributed by atoms with Crippen LogP contribution in [-0.4, -0.2) is 77.4 Å². The predicted octanol–water partition coefficient (Wildman–Crippen LogP) is 0.531. The minimum atomic E-state index is -0.0441. The van der Waals surface area contributed by atoms with E-state index < -0.39 is 0 Å². The van der Waals surface area contributed by atoms with Crippen LogP contribution in [-0.2, 0) is 11.3 Å². The standard InChI is InChI=1S/C17H25N5O2/c23-16(21-7-1-2-8-21)14-20-9-11-22(12-10-20)17(24)19-13-15-3-5-18-6-4-15/h3-6H,1-2,7-14H2,(H,19,24). The summed E-state index contributed by atoms with van der Waals surface area (Å²) in [6.45, 7) is 5.61. The quantitative estimate of drug-likeness (QED) is 0.874. The first-order valence-corrected chi connectivity index (χ1v) is 8.64. The van der Waals surface area contributed by atoms with Crippen molar-refractivity contribution in [3.05, 3.63) is 30.1 Å². The van der Waals surface area contributed by atoms with Gasteiger partial charge in [-0.3, -0.25) is 14.7 Å². The van der Waals surface area contributed by atoms with Gasteiger partial charge in [0.05, 0.1) is 6.54 Å². The Morgan fingerprint density at radius 2 is 1.62 bits per heavy atom. The number of nitrogens with one attached hydrogen (secondary N) is 1. The lowest BCUT2D eigenvalue weighted by atomic mass is 10.3. The number of nitrogens with zero attached hydrogens (tertiary/aromatic N) is 4. The molecule has 3 heterocycles. The van der Waals surface area contributed by atoms with Crippen LogP contribution < -0.4 is 5.32 Å². The Bertz CT molecular complexity index is 551. The number of carbonyl (C=O) groups excluding carboxylic acids is 2. The molecular formula is C17H25N5O2. The zero-order valence-electron chi connectivity index (χ0n) is 14.0. The van der Waals surface area contributed by atoms with E-state index in [0.717, 1.165) is 44.6 Å². The fourth-order valence-corrected chi connectivity index (χ4v) is 3.16. The summed E-state index contributed by atoms with van der Waals surface area (Å²) in [5.74, 6) is 0.225. The molecule has 7 nitrogen and oxygen atoms in total. The summed E-state index contributed by atoms with van der Waals surface area (Å²) in [7, 11) is 0. The van der Waals surface area contributed by atoms with E-state index in [4.69, 9.17) is 0 Å². The van der Waals surface area contributed by atoms with Crippen molar-refractivity contribution in [2.75, 3.05) is 45.8 Å². The molecule has 3 amide bonds. The molecule has 0 unspecified atom stereocenters. The van der Waals surface area contributed by atoms with Crippen LogP contribution in [0, 0.1) is 0 Å². The number of urea groups is 1. The third kappa shape index (κ3) is 4.44. The molecule has 2 saturated heterocycles. The van der Waals surface area contributed by atoms with Crippen molar-refractivity contribution in [1.82, 2.24) is 25.0 Å². The van der Waals surface area contributed by atoms with Gasteiger partial charge < -0.3 is 15.1 Å². The highest BCUT2D eigenvalue weighted by molar-refractivity contribution is 5.78. The van der Waals surface area contributed by atoms with E-state index in [0.29, 0.717) is 26.2 Å². The Morgan fingerprint density at radius 3 is 2.29 bits per heavy atom. The number of hydrogen-bond donors (Lipinski definition) is 1. The fourth-order valence-electron chi connectivity index (χ4n) is 3.16. The number of likely N-dealkylation sites (tertiary alicyclic amines) is 1. The molecule has 0 bridgehead atoms. The average molecular weight is 331 g/mol. The largest absolute Gasteiger partial charge is 0.342 e. The number of amides is 3. The van der Waals surface area contributed by atoms with Gasteiger partial charge in [-0.15, -0.1) is 0 Å². The number of aromatic nitrogens is 1. The van der Waals surface area contributed by atoms with E-state index in [1.165, 1.54) is 0 Å². The van der Waals surface area contributed by atoms with Gasteiger partial charge in [-0.05, 0) is 30.5 Å². The van der Waals surface area contributed by atoms with E-state index >= 15 is 0 Å². The van der Waals surface area contributed by atoms with Crippen molar-refractivity contribution in [2.45, 2.75) is 19.4 Å². The van der Waals surface area contributed by atoms with Gasteiger partial charge in [0.2, 0.25) is 5.91 Å².